The number of likely N-dealkylation sites (tertiary alicyclic amines) is 1. The molecule has 6 heteroatoms. The molecule has 1 aliphatic heterocycles. The summed E-state index contributed by atoms with van der Waals surface area (Å²) in [6, 6.07) is 7.70. The third-order valence-corrected chi connectivity index (χ3v) is 5.32. The molecule has 27 heavy (non-hydrogen) atoms. The molecule has 2 fully saturated rings. The Morgan fingerprint density at radius 2 is 1.85 bits per heavy atom. The van der Waals surface area contributed by atoms with Crippen molar-refractivity contribution in [3.63, 3.8) is 0 Å². The monoisotopic (exact) mass is 374 g/mol. The molecule has 0 aromatic heterocycles. The van der Waals surface area contributed by atoms with Crippen LogP contribution >= 0.6 is 0 Å². The molecule has 6 nitrogen and oxygen atoms in total. The zero-order chi connectivity index (χ0) is 19.2. The number of carbonyl (C=O) groups excluding carboxylic acids is 2. The maximum Gasteiger partial charge on any atom is 0.224 e. The Morgan fingerprint density at radius 3 is 2.48 bits per heavy atom. The van der Waals surface area contributed by atoms with Crippen molar-refractivity contribution in [3.8, 4) is 11.5 Å². The normalized spacial score (nSPS) is 22.2. The number of nitrogens with one attached hydrogen (secondary N) is 1. The topological polar surface area (TPSA) is 67.9 Å². The van der Waals surface area contributed by atoms with Crippen LogP contribution in [0, 0.1) is 11.8 Å². The van der Waals surface area contributed by atoms with Crippen molar-refractivity contribution in [2.45, 2.75) is 45.6 Å². The summed E-state index contributed by atoms with van der Waals surface area (Å²) >= 11 is 0. The predicted octanol–water partition coefficient (Wildman–Crippen LogP) is 2.62. The highest BCUT2D eigenvalue weighted by atomic mass is 16.5. The molecule has 1 N–H and O–H groups in total. The van der Waals surface area contributed by atoms with Gasteiger partial charge < -0.3 is 19.7 Å². The highest BCUT2D eigenvalue weighted by Gasteiger charge is 2.38. The van der Waals surface area contributed by atoms with Crippen LogP contribution in [0.5, 0.6) is 11.5 Å². The summed E-state index contributed by atoms with van der Waals surface area (Å²) < 4.78 is 11.7. The van der Waals surface area contributed by atoms with Crippen LogP contribution in [-0.2, 0) is 9.59 Å². The number of carbonyl (C=O) groups is 2. The molecule has 2 amide bonds. The van der Waals surface area contributed by atoms with E-state index in [9.17, 15) is 9.59 Å². The van der Waals surface area contributed by atoms with Crippen LogP contribution in [0.15, 0.2) is 24.3 Å². The van der Waals surface area contributed by atoms with E-state index in [1.807, 2.05) is 36.1 Å². The van der Waals surface area contributed by atoms with Gasteiger partial charge in [0.2, 0.25) is 11.8 Å². The lowest BCUT2D eigenvalue weighted by Crippen LogP contribution is -2.43. The number of piperidine rings is 1. The number of rotatable bonds is 8. The SMILES string of the molecule is CCOc1ccccc1OC1CCN(C(=O)CCNC(=O)[C@H]2C[C@@H]2C)CC1. The van der Waals surface area contributed by atoms with Gasteiger partial charge in [-0.15, -0.1) is 0 Å². The van der Waals surface area contributed by atoms with Crippen LogP contribution in [-0.4, -0.2) is 49.1 Å². The summed E-state index contributed by atoms with van der Waals surface area (Å²) in [5.74, 6) is 2.38. The van der Waals surface area contributed by atoms with Crippen LogP contribution in [0.4, 0.5) is 0 Å². The van der Waals surface area contributed by atoms with Crippen LogP contribution < -0.4 is 14.8 Å². The summed E-state index contributed by atoms with van der Waals surface area (Å²) in [6.07, 6.45) is 3.04. The van der Waals surface area contributed by atoms with Crippen LogP contribution in [0.1, 0.15) is 39.5 Å². The number of nitrogens with zero attached hydrogens (tertiary/aromatic N) is 1. The Hall–Kier alpha value is -2.24. The van der Waals surface area contributed by atoms with E-state index >= 15 is 0 Å². The Bertz CT molecular complexity index is 655. The van der Waals surface area contributed by atoms with Gasteiger partial charge in [-0.25, -0.2) is 0 Å². The zero-order valence-electron chi connectivity index (χ0n) is 16.3. The van der Waals surface area contributed by atoms with Gasteiger partial charge in [0.1, 0.15) is 6.10 Å². The molecule has 0 spiro atoms. The van der Waals surface area contributed by atoms with Crippen molar-refractivity contribution in [2.24, 2.45) is 11.8 Å². The first-order valence-electron chi connectivity index (χ1n) is 10.0. The molecule has 0 bridgehead atoms. The number of hydrogen-bond acceptors (Lipinski definition) is 4. The number of ether oxygens (including phenoxy) is 2. The summed E-state index contributed by atoms with van der Waals surface area (Å²) in [5, 5.41) is 2.88. The fourth-order valence-corrected chi connectivity index (χ4v) is 3.49. The molecule has 0 unspecified atom stereocenters. The molecule has 1 aromatic rings. The molecule has 1 heterocycles. The first-order chi connectivity index (χ1) is 13.1. The quantitative estimate of drug-likeness (QED) is 0.760. The number of hydrogen-bond donors (Lipinski definition) is 1. The van der Waals surface area contributed by atoms with E-state index in [0.29, 0.717) is 38.6 Å². The standard InChI is InChI=1S/C21H30N2O4/c1-3-26-18-6-4-5-7-19(18)27-16-9-12-23(13-10-16)20(24)8-11-22-21(25)17-14-15(17)2/h4-7,15-17H,3,8-14H2,1-2H3,(H,22,25)/t15-,17-/m0/s1. The van der Waals surface area contributed by atoms with Crippen molar-refractivity contribution in [3.05, 3.63) is 24.3 Å². The Labute approximate surface area is 161 Å². The third kappa shape index (κ3) is 5.37. The van der Waals surface area contributed by atoms with Gasteiger partial charge in [-0.2, -0.15) is 0 Å². The lowest BCUT2D eigenvalue weighted by molar-refractivity contribution is -0.133. The molecule has 1 aliphatic carbocycles. The fraction of sp³-hybridized carbons (Fsp3) is 0.619. The van der Waals surface area contributed by atoms with Crippen LogP contribution in [0.2, 0.25) is 0 Å². The van der Waals surface area contributed by atoms with Crippen LogP contribution in [0.3, 0.4) is 0 Å². The van der Waals surface area contributed by atoms with E-state index in [1.165, 1.54) is 0 Å². The van der Waals surface area contributed by atoms with E-state index in [-0.39, 0.29) is 23.8 Å². The molecule has 1 saturated carbocycles. The zero-order valence-corrected chi connectivity index (χ0v) is 16.3. The molecule has 0 radical (unpaired) electrons. The molecule has 2 aliphatic rings. The molecule has 2 atom stereocenters. The van der Waals surface area contributed by atoms with E-state index < -0.39 is 0 Å². The fourth-order valence-electron chi connectivity index (χ4n) is 3.49. The Kier molecular flexibility index (Phi) is 6.58. The highest BCUT2D eigenvalue weighted by Crippen LogP contribution is 2.37. The third-order valence-electron chi connectivity index (χ3n) is 5.32. The maximum absolute atomic E-state index is 12.3. The first kappa shape index (κ1) is 19.5. The van der Waals surface area contributed by atoms with E-state index in [0.717, 1.165) is 30.8 Å². The van der Waals surface area contributed by atoms with Crippen LogP contribution in [0.25, 0.3) is 0 Å². The Balaban J connectivity index is 1.38. The average molecular weight is 374 g/mol. The van der Waals surface area contributed by atoms with Gasteiger partial charge in [-0.1, -0.05) is 19.1 Å². The van der Waals surface area contributed by atoms with Crippen molar-refractivity contribution in [1.29, 1.82) is 0 Å². The number of benzene rings is 1. The van der Waals surface area contributed by atoms with Gasteiger partial charge in [-0.05, 0) is 31.4 Å². The average Bonchev–Trinajstić information content (AvgIpc) is 3.41. The lowest BCUT2D eigenvalue weighted by atomic mass is 10.1. The van der Waals surface area contributed by atoms with Gasteiger partial charge in [0.15, 0.2) is 11.5 Å². The molecular formula is C21H30N2O4. The molecular weight excluding hydrogens is 344 g/mol. The summed E-state index contributed by atoms with van der Waals surface area (Å²) in [7, 11) is 0. The molecule has 1 saturated heterocycles. The summed E-state index contributed by atoms with van der Waals surface area (Å²) in [5.41, 5.74) is 0. The minimum absolute atomic E-state index is 0.0895. The van der Waals surface area contributed by atoms with Gasteiger partial charge in [0.25, 0.3) is 0 Å². The summed E-state index contributed by atoms with van der Waals surface area (Å²) in [4.78, 5) is 26.0. The lowest BCUT2D eigenvalue weighted by Gasteiger charge is -2.32. The van der Waals surface area contributed by atoms with Crippen molar-refractivity contribution in [2.75, 3.05) is 26.2 Å². The predicted molar refractivity (Wildman–Crippen MR) is 103 cm³/mol. The molecule has 1 aromatic carbocycles. The van der Waals surface area contributed by atoms with E-state index in [1.54, 1.807) is 0 Å². The Morgan fingerprint density at radius 1 is 1.19 bits per heavy atom. The highest BCUT2D eigenvalue weighted by molar-refractivity contribution is 5.82. The van der Waals surface area contributed by atoms with Gasteiger partial charge >= 0.3 is 0 Å². The smallest absolute Gasteiger partial charge is 0.224 e. The van der Waals surface area contributed by atoms with Gasteiger partial charge in [0, 0.05) is 44.8 Å². The second kappa shape index (κ2) is 9.11. The maximum atomic E-state index is 12.3. The molecule has 3 rings (SSSR count). The number of para-hydroxylation sites is 2. The summed E-state index contributed by atoms with van der Waals surface area (Å²) in [6.45, 7) is 6.44. The minimum Gasteiger partial charge on any atom is -0.490 e. The van der Waals surface area contributed by atoms with Crippen molar-refractivity contribution in [1.82, 2.24) is 10.2 Å². The van der Waals surface area contributed by atoms with Crippen molar-refractivity contribution < 1.29 is 19.1 Å². The second-order valence-electron chi connectivity index (χ2n) is 7.44. The van der Waals surface area contributed by atoms with Gasteiger partial charge in [0.05, 0.1) is 6.61 Å². The second-order valence-corrected chi connectivity index (χ2v) is 7.44. The largest absolute Gasteiger partial charge is 0.490 e. The van der Waals surface area contributed by atoms with Gasteiger partial charge in [-0.3, -0.25) is 9.59 Å². The van der Waals surface area contributed by atoms with E-state index in [4.69, 9.17) is 9.47 Å². The minimum atomic E-state index is 0.0895. The molecule has 148 valence electrons. The first-order valence-corrected chi connectivity index (χ1v) is 10.0. The van der Waals surface area contributed by atoms with Crippen molar-refractivity contribution >= 4 is 11.8 Å². The number of amides is 2. The van der Waals surface area contributed by atoms with E-state index in [2.05, 4.69) is 12.2 Å².